The highest BCUT2D eigenvalue weighted by Crippen LogP contribution is 2.38. The SMILES string of the molecule is COC(=O)CCc1ccc(/C(Nc2ccc(CCN(C)C)cc2)=C2/C(=O)Nc3cc(F)ccc32)cc1. The lowest BCUT2D eigenvalue weighted by molar-refractivity contribution is -0.140. The van der Waals surface area contributed by atoms with Crippen LogP contribution in [0.1, 0.15) is 28.7 Å². The van der Waals surface area contributed by atoms with E-state index in [9.17, 15) is 14.0 Å². The van der Waals surface area contributed by atoms with Crippen molar-refractivity contribution in [1.82, 2.24) is 4.90 Å². The number of rotatable bonds is 9. The summed E-state index contributed by atoms with van der Waals surface area (Å²) in [4.78, 5) is 26.7. The fraction of sp³-hybridized carbons (Fsp3) is 0.241. The van der Waals surface area contributed by atoms with Crippen LogP contribution in [0.2, 0.25) is 0 Å². The normalized spacial score (nSPS) is 13.9. The average Bonchev–Trinajstić information content (AvgIpc) is 3.20. The van der Waals surface area contributed by atoms with Crippen LogP contribution >= 0.6 is 0 Å². The maximum atomic E-state index is 13.8. The molecule has 0 saturated heterocycles. The second-order valence-electron chi connectivity index (χ2n) is 9.04. The van der Waals surface area contributed by atoms with Gasteiger partial charge in [0.1, 0.15) is 5.82 Å². The summed E-state index contributed by atoms with van der Waals surface area (Å²) in [7, 11) is 5.47. The van der Waals surface area contributed by atoms with Crippen LogP contribution in [0.5, 0.6) is 0 Å². The van der Waals surface area contributed by atoms with E-state index in [1.54, 1.807) is 6.07 Å². The minimum atomic E-state index is -0.409. The van der Waals surface area contributed by atoms with Crippen LogP contribution in [0.4, 0.5) is 15.8 Å². The van der Waals surface area contributed by atoms with Gasteiger partial charge in [0.05, 0.1) is 24.1 Å². The molecule has 3 aromatic rings. The minimum absolute atomic E-state index is 0.260. The van der Waals surface area contributed by atoms with E-state index in [4.69, 9.17) is 4.74 Å². The van der Waals surface area contributed by atoms with E-state index in [-0.39, 0.29) is 11.9 Å². The van der Waals surface area contributed by atoms with Gasteiger partial charge in [-0.25, -0.2) is 4.39 Å². The molecule has 186 valence electrons. The number of nitrogens with one attached hydrogen (secondary N) is 2. The molecule has 0 saturated carbocycles. The molecule has 0 spiro atoms. The Balaban J connectivity index is 1.69. The number of methoxy groups -OCH3 is 1. The third-order valence-corrected chi connectivity index (χ3v) is 6.14. The smallest absolute Gasteiger partial charge is 0.305 e. The Labute approximate surface area is 210 Å². The van der Waals surface area contributed by atoms with Crippen LogP contribution in [0.25, 0.3) is 11.3 Å². The van der Waals surface area contributed by atoms with Crippen molar-refractivity contribution in [3.8, 4) is 0 Å². The summed E-state index contributed by atoms with van der Waals surface area (Å²) < 4.78 is 18.5. The maximum Gasteiger partial charge on any atom is 0.305 e. The summed E-state index contributed by atoms with van der Waals surface area (Å²) in [5.74, 6) is -0.965. The largest absolute Gasteiger partial charge is 0.469 e. The van der Waals surface area contributed by atoms with Gasteiger partial charge in [-0.3, -0.25) is 9.59 Å². The van der Waals surface area contributed by atoms with Gasteiger partial charge in [0.2, 0.25) is 0 Å². The lowest BCUT2D eigenvalue weighted by Crippen LogP contribution is -2.15. The molecule has 0 fully saturated rings. The Bertz CT molecular complexity index is 1280. The zero-order valence-corrected chi connectivity index (χ0v) is 20.7. The van der Waals surface area contributed by atoms with Gasteiger partial charge in [-0.1, -0.05) is 36.4 Å². The summed E-state index contributed by atoms with van der Waals surface area (Å²) in [6.07, 6.45) is 1.79. The zero-order chi connectivity index (χ0) is 25.7. The molecule has 0 unspecified atom stereocenters. The second kappa shape index (κ2) is 11.2. The van der Waals surface area contributed by atoms with Crippen molar-refractivity contribution in [2.45, 2.75) is 19.3 Å². The highest BCUT2D eigenvalue weighted by Gasteiger charge is 2.28. The van der Waals surface area contributed by atoms with Crippen LogP contribution in [0.3, 0.4) is 0 Å². The summed E-state index contributed by atoms with van der Waals surface area (Å²) in [5, 5.41) is 6.21. The second-order valence-corrected chi connectivity index (χ2v) is 9.04. The van der Waals surface area contributed by atoms with Gasteiger partial charge >= 0.3 is 5.97 Å². The van der Waals surface area contributed by atoms with Crippen LogP contribution in [0, 0.1) is 5.82 Å². The van der Waals surface area contributed by atoms with Gasteiger partial charge < -0.3 is 20.3 Å². The number of hydrogen-bond acceptors (Lipinski definition) is 5. The third-order valence-electron chi connectivity index (χ3n) is 6.14. The molecule has 4 rings (SSSR count). The van der Waals surface area contributed by atoms with E-state index in [1.165, 1.54) is 24.8 Å². The number of amides is 1. The number of carbonyl (C=O) groups excluding carboxylic acids is 2. The number of esters is 1. The monoisotopic (exact) mass is 487 g/mol. The summed E-state index contributed by atoms with van der Waals surface area (Å²) in [6, 6.07) is 20.1. The predicted molar refractivity (Wildman–Crippen MR) is 141 cm³/mol. The number of carbonyl (C=O) groups is 2. The Morgan fingerprint density at radius 3 is 2.31 bits per heavy atom. The first kappa shape index (κ1) is 25.1. The van der Waals surface area contributed by atoms with E-state index in [1.807, 2.05) is 50.5 Å². The van der Waals surface area contributed by atoms with Crippen molar-refractivity contribution in [3.05, 3.63) is 94.8 Å². The number of hydrogen-bond donors (Lipinski definition) is 2. The summed E-state index contributed by atoms with van der Waals surface area (Å²) in [5.41, 5.74) is 6.00. The van der Waals surface area contributed by atoms with Gasteiger partial charge in [-0.05, 0) is 74.0 Å². The van der Waals surface area contributed by atoms with Gasteiger partial charge in [0, 0.05) is 24.2 Å². The van der Waals surface area contributed by atoms with Crippen molar-refractivity contribution in [2.75, 3.05) is 38.4 Å². The molecule has 0 bridgehead atoms. The molecule has 1 aliphatic rings. The lowest BCUT2D eigenvalue weighted by Gasteiger charge is -2.16. The van der Waals surface area contributed by atoms with Crippen LogP contribution < -0.4 is 10.6 Å². The Morgan fingerprint density at radius 2 is 1.64 bits per heavy atom. The first-order chi connectivity index (χ1) is 17.3. The first-order valence-corrected chi connectivity index (χ1v) is 11.9. The first-order valence-electron chi connectivity index (χ1n) is 11.9. The topological polar surface area (TPSA) is 70.7 Å². The van der Waals surface area contributed by atoms with Gasteiger partial charge in [0.15, 0.2) is 0 Å². The summed E-state index contributed by atoms with van der Waals surface area (Å²) >= 11 is 0. The summed E-state index contributed by atoms with van der Waals surface area (Å²) in [6.45, 7) is 0.956. The number of ether oxygens (including phenoxy) is 1. The highest BCUT2D eigenvalue weighted by molar-refractivity contribution is 6.37. The molecule has 6 nitrogen and oxygen atoms in total. The van der Waals surface area contributed by atoms with Gasteiger partial charge in [-0.2, -0.15) is 0 Å². The van der Waals surface area contributed by atoms with E-state index in [0.717, 1.165) is 29.8 Å². The van der Waals surface area contributed by atoms with Crippen molar-refractivity contribution >= 4 is 34.5 Å². The molecule has 1 heterocycles. The molecule has 7 heteroatoms. The van der Waals surface area contributed by atoms with Crippen LogP contribution in [0.15, 0.2) is 66.7 Å². The van der Waals surface area contributed by atoms with Crippen molar-refractivity contribution in [3.63, 3.8) is 0 Å². The average molecular weight is 488 g/mol. The van der Waals surface area contributed by atoms with E-state index in [0.29, 0.717) is 35.4 Å². The Kier molecular flexibility index (Phi) is 7.80. The van der Waals surface area contributed by atoms with E-state index < -0.39 is 5.82 Å². The molecule has 0 aliphatic carbocycles. The van der Waals surface area contributed by atoms with E-state index >= 15 is 0 Å². The quantitative estimate of drug-likeness (QED) is 0.330. The molecular weight excluding hydrogens is 457 g/mol. The molecule has 1 amide bonds. The third kappa shape index (κ3) is 5.98. The molecule has 1 aliphatic heterocycles. The number of likely N-dealkylation sites (N-methyl/N-ethyl adjacent to an activating group) is 1. The maximum absolute atomic E-state index is 13.8. The molecule has 3 aromatic carbocycles. The Morgan fingerprint density at radius 1 is 0.972 bits per heavy atom. The fourth-order valence-electron chi connectivity index (χ4n) is 4.11. The van der Waals surface area contributed by atoms with Gasteiger partial charge in [-0.15, -0.1) is 0 Å². The zero-order valence-electron chi connectivity index (χ0n) is 20.7. The number of benzene rings is 3. The minimum Gasteiger partial charge on any atom is -0.469 e. The van der Waals surface area contributed by atoms with Crippen molar-refractivity contribution < 1.29 is 18.7 Å². The van der Waals surface area contributed by atoms with Crippen molar-refractivity contribution in [2.24, 2.45) is 0 Å². The van der Waals surface area contributed by atoms with Crippen LogP contribution in [-0.4, -0.2) is 44.5 Å². The number of nitrogens with zero attached hydrogens (tertiary/aromatic N) is 1. The standard InChI is InChI=1S/C29H30FN3O3/c1-33(2)17-16-20-6-12-23(13-7-20)31-28(21-9-4-19(5-10-21)8-15-26(34)36-3)27-24-14-11-22(30)18-25(24)32-29(27)35/h4-7,9-14,18,31H,8,15-17H2,1-3H3,(H,32,35)/b28-27-. The van der Waals surface area contributed by atoms with E-state index in [2.05, 4.69) is 27.7 Å². The fourth-order valence-corrected chi connectivity index (χ4v) is 4.11. The lowest BCUT2D eigenvalue weighted by atomic mass is 9.98. The molecular formula is C29H30FN3O3. The number of fused-ring (bicyclic) bond motifs is 1. The molecule has 0 radical (unpaired) electrons. The molecule has 0 aromatic heterocycles. The number of halogens is 1. The van der Waals surface area contributed by atoms with Crippen molar-refractivity contribution in [1.29, 1.82) is 0 Å². The number of anilines is 2. The molecule has 0 atom stereocenters. The Hall–Kier alpha value is -3.97. The molecule has 2 N–H and O–H groups in total. The predicted octanol–water partition coefficient (Wildman–Crippen LogP) is 4.97. The number of aryl methyl sites for hydroxylation is 1. The highest BCUT2D eigenvalue weighted by atomic mass is 19.1. The molecule has 36 heavy (non-hydrogen) atoms. The van der Waals surface area contributed by atoms with Gasteiger partial charge in [0.25, 0.3) is 5.91 Å². The van der Waals surface area contributed by atoms with Crippen LogP contribution in [-0.2, 0) is 27.2 Å².